The highest BCUT2D eigenvalue weighted by Crippen LogP contribution is 2.25. The van der Waals surface area contributed by atoms with Crippen molar-refractivity contribution in [2.45, 2.75) is 19.4 Å². The number of aliphatic hydroxyl groups is 1. The Bertz CT molecular complexity index is 393. The fourth-order valence-electron chi connectivity index (χ4n) is 1.53. The minimum Gasteiger partial charge on any atom is -0.395 e. The largest absolute Gasteiger partial charge is 0.395 e. The molecule has 0 heterocycles. The van der Waals surface area contributed by atoms with Crippen LogP contribution in [0.25, 0.3) is 0 Å². The Labute approximate surface area is 116 Å². The first kappa shape index (κ1) is 15.1. The number of nitrogens with one attached hydrogen (secondary N) is 2. The number of aliphatic hydroxyl groups excluding tert-OH is 1. The van der Waals surface area contributed by atoms with Crippen LogP contribution in [-0.2, 0) is 6.42 Å². The number of hydrogen-bond donors (Lipinski definition) is 3. The molecule has 3 N–H and O–H groups in total. The highest BCUT2D eigenvalue weighted by molar-refractivity contribution is 6.36. The van der Waals surface area contributed by atoms with Crippen LogP contribution in [0.5, 0.6) is 0 Å². The molecule has 18 heavy (non-hydrogen) atoms. The van der Waals surface area contributed by atoms with Gasteiger partial charge in [0.15, 0.2) is 0 Å². The lowest BCUT2D eigenvalue weighted by molar-refractivity contribution is 0.231. The summed E-state index contributed by atoms with van der Waals surface area (Å²) in [5.74, 6) is 0. The summed E-state index contributed by atoms with van der Waals surface area (Å²) >= 11 is 12.1. The van der Waals surface area contributed by atoms with Gasteiger partial charge in [0.1, 0.15) is 0 Å². The Kier molecular flexibility index (Phi) is 6.25. The third-order valence-electron chi connectivity index (χ3n) is 2.35. The highest BCUT2D eigenvalue weighted by Gasteiger charge is 2.12. The van der Waals surface area contributed by atoms with E-state index in [1.165, 1.54) is 0 Å². The lowest BCUT2D eigenvalue weighted by Crippen LogP contribution is -2.42. The van der Waals surface area contributed by atoms with E-state index in [1.54, 1.807) is 18.2 Å². The number of carbonyl (C=O) groups is 1. The highest BCUT2D eigenvalue weighted by atomic mass is 35.5. The molecular formula is C12H16Cl2N2O2. The van der Waals surface area contributed by atoms with E-state index in [0.29, 0.717) is 16.5 Å². The molecule has 0 aliphatic carbocycles. The second-order valence-electron chi connectivity index (χ2n) is 3.93. The van der Waals surface area contributed by atoms with Crippen LogP contribution in [-0.4, -0.2) is 30.3 Å². The van der Waals surface area contributed by atoms with Crippen LogP contribution in [0, 0.1) is 0 Å². The van der Waals surface area contributed by atoms with Crippen LogP contribution in [0.3, 0.4) is 0 Å². The molecule has 0 unspecified atom stereocenters. The third-order valence-corrected chi connectivity index (χ3v) is 3.06. The summed E-state index contributed by atoms with van der Waals surface area (Å²) in [6.07, 6.45) is 0.547. The standard InChI is InChI=1S/C12H16Cl2N2O2/c1-8(16-12(18)15-5-6-17)7-9-10(13)3-2-4-11(9)14/h2-4,8,17H,5-7H2,1H3,(H2,15,16,18)/t8-/m0/s1. The van der Waals surface area contributed by atoms with Gasteiger partial charge < -0.3 is 15.7 Å². The van der Waals surface area contributed by atoms with Crippen molar-refractivity contribution in [1.82, 2.24) is 10.6 Å². The van der Waals surface area contributed by atoms with Gasteiger partial charge in [-0.1, -0.05) is 29.3 Å². The monoisotopic (exact) mass is 290 g/mol. The van der Waals surface area contributed by atoms with Crippen molar-refractivity contribution in [3.05, 3.63) is 33.8 Å². The molecule has 1 aromatic rings. The second kappa shape index (κ2) is 7.46. The number of halogens is 2. The Morgan fingerprint density at radius 3 is 2.56 bits per heavy atom. The molecule has 6 heteroatoms. The summed E-state index contributed by atoms with van der Waals surface area (Å²) < 4.78 is 0. The van der Waals surface area contributed by atoms with E-state index in [2.05, 4.69) is 10.6 Å². The maximum atomic E-state index is 11.4. The molecule has 1 aromatic carbocycles. The van der Waals surface area contributed by atoms with E-state index < -0.39 is 0 Å². The fraction of sp³-hybridized carbons (Fsp3) is 0.417. The second-order valence-corrected chi connectivity index (χ2v) is 4.74. The average molecular weight is 291 g/mol. The Hall–Kier alpha value is -0.970. The number of amides is 2. The van der Waals surface area contributed by atoms with E-state index in [9.17, 15) is 4.79 Å². The molecule has 100 valence electrons. The zero-order chi connectivity index (χ0) is 13.5. The lowest BCUT2D eigenvalue weighted by Gasteiger charge is -2.16. The van der Waals surface area contributed by atoms with Crippen molar-refractivity contribution in [3.63, 3.8) is 0 Å². The van der Waals surface area contributed by atoms with Gasteiger partial charge in [-0.15, -0.1) is 0 Å². The molecule has 1 atom stereocenters. The maximum absolute atomic E-state index is 11.4. The van der Waals surface area contributed by atoms with Crippen molar-refractivity contribution < 1.29 is 9.90 Å². The first-order chi connectivity index (χ1) is 8.54. The van der Waals surface area contributed by atoms with E-state index in [0.717, 1.165) is 5.56 Å². The summed E-state index contributed by atoms with van der Waals surface area (Å²) in [5.41, 5.74) is 0.816. The summed E-state index contributed by atoms with van der Waals surface area (Å²) in [6.45, 7) is 2.00. The zero-order valence-electron chi connectivity index (χ0n) is 10.0. The molecule has 1 rings (SSSR count). The molecule has 0 fully saturated rings. The first-order valence-electron chi connectivity index (χ1n) is 5.62. The van der Waals surface area contributed by atoms with Crippen LogP contribution < -0.4 is 10.6 Å². The molecule has 0 aliphatic rings. The Balaban J connectivity index is 2.54. The molecule has 0 saturated heterocycles. The normalized spacial score (nSPS) is 12.0. The van der Waals surface area contributed by atoms with Gasteiger partial charge >= 0.3 is 6.03 Å². The molecule has 0 aliphatic heterocycles. The minimum atomic E-state index is -0.320. The predicted molar refractivity (Wildman–Crippen MR) is 73.2 cm³/mol. The fourth-order valence-corrected chi connectivity index (χ4v) is 2.08. The topological polar surface area (TPSA) is 61.4 Å². The molecule has 0 spiro atoms. The van der Waals surface area contributed by atoms with E-state index in [4.69, 9.17) is 28.3 Å². The van der Waals surface area contributed by atoms with Crippen molar-refractivity contribution in [2.24, 2.45) is 0 Å². The van der Waals surface area contributed by atoms with Crippen LogP contribution in [0.2, 0.25) is 10.0 Å². The number of urea groups is 1. The van der Waals surface area contributed by atoms with Crippen LogP contribution >= 0.6 is 23.2 Å². The molecular weight excluding hydrogens is 275 g/mol. The molecule has 0 radical (unpaired) electrons. The van der Waals surface area contributed by atoms with E-state index >= 15 is 0 Å². The van der Waals surface area contributed by atoms with Crippen molar-refractivity contribution in [3.8, 4) is 0 Å². The molecule has 0 bridgehead atoms. The lowest BCUT2D eigenvalue weighted by atomic mass is 10.1. The van der Waals surface area contributed by atoms with Crippen molar-refractivity contribution >= 4 is 29.2 Å². The molecule has 4 nitrogen and oxygen atoms in total. The van der Waals surface area contributed by atoms with Gasteiger partial charge in [0, 0.05) is 22.6 Å². The van der Waals surface area contributed by atoms with Gasteiger partial charge in [-0.25, -0.2) is 4.79 Å². The zero-order valence-corrected chi connectivity index (χ0v) is 11.6. The van der Waals surface area contributed by atoms with Crippen LogP contribution in [0.15, 0.2) is 18.2 Å². The van der Waals surface area contributed by atoms with Crippen molar-refractivity contribution in [2.75, 3.05) is 13.2 Å². The minimum absolute atomic E-state index is 0.0852. The quantitative estimate of drug-likeness (QED) is 0.779. The first-order valence-corrected chi connectivity index (χ1v) is 6.38. The smallest absolute Gasteiger partial charge is 0.315 e. The number of hydrogen-bond acceptors (Lipinski definition) is 2. The molecule has 0 saturated carbocycles. The van der Waals surface area contributed by atoms with Crippen LogP contribution in [0.1, 0.15) is 12.5 Å². The van der Waals surface area contributed by atoms with E-state index in [1.807, 2.05) is 6.92 Å². The maximum Gasteiger partial charge on any atom is 0.315 e. The number of rotatable bonds is 5. The summed E-state index contributed by atoms with van der Waals surface area (Å²) in [4.78, 5) is 11.4. The van der Waals surface area contributed by atoms with Gasteiger partial charge in [0.2, 0.25) is 0 Å². The van der Waals surface area contributed by atoms with Gasteiger partial charge in [-0.3, -0.25) is 0 Å². The number of carbonyl (C=O) groups excluding carboxylic acids is 1. The van der Waals surface area contributed by atoms with Gasteiger partial charge in [0.25, 0.3) is 0 Å². The van der Waals surface area contributed by atoms with Crippen molar-refractivity contribution in [1.29, 1.82) is 0 Å². The average Bonchev–Trinajstić information content (AvgIpc) is 2.31. The van der Waals surface area contributed by atoms with Crippen LogP contribution in [0.4, 0.5) is 4.79 Å². The summed E-state index contributed by atoms with van der Waals surface area (Å²) in [7, 11) is 0. The van der Waals surface area contributed by atoms with Gasteiger partial charge in [0.05, 0.1) is 6.61 Å². The summed E-state index contributed by atoms with van der Waals surface area (Å²) in [5, 5.41) is 15.0. The van der Waals surface area contributed by atoms with Gasteiger partial charge in [-0.2, -0.15) is 0 Å². The number of benzene rings is 1. The van der Waals surface area contributed by atoms with Gasteiger partial charge in [-0.05, 0) is 31.0 Å². The summed E-state index contributed by atoms with van der Waals surface area (Å²) in [6, 6.07) is 4.88. The molecule has 2 amide bonds. The molecule has 0 aromatic heterocycles. The Morgan fingerprint density at radius 2 is 2.00 bits per heavy atom. The third kappa shape index (κ3) is 4.72. The SMILES string of the molecule is C[C@@H](Cc1c(Cl)cccc1Cl)NC(=O)NCCO. The predicted octanol–water partition coefficient (Wildman–Crippen LogP) is 2.22. The van der Waals surface area contributed by atoms with E-state index in [-0.39, 0.29) is 25.2 Å². The Morgan fingerprint density at radius 1 is 1.39 bits per heavy atom.